The zero-order valence-corrected chi connectivity index (χ0v) is 11.8. The van der Waals surface area contributed by atoms with E-state index < -0.39 is 0 Å². The average Bonchev–Trinajstić information content (AvgIpc) is 2.84. The van der Waals surface area contributed by atoms with Crippen LogP contribution in [0.1, 0.15) is 51.1 Å². The number of benzene rings is 1. The quantitative estimate of drug-likeness (QED) is 0.827. The van der Waals surface area contributed by atoms with Crippen molar-refractivity contribution in [2.24, 2.45) is 0 Å². The first-order chi connectivity index (χ1) is 9.14. The number of hydrogen-bond acceptors (Lipinski definition) is 3. The Morgan fingerprint density at radius 2 is 1.95 bits per heavy atom. The van der Waals surface area contributed by atoms with E-state index >= 15 is 0 Å². The van der Waals surface area contributed by atoms with Crippen LogP contribution in [0.4, 0.5) is 0 Å². The fraction of sp³-hybridized carbons (Fsp3) is 0.562. The summed E-state index contributed by atoms with van der Waals surface area (Å²) in [6.07, 6.45) is 4.70. The van der Waals surface area contributed by atoms with Crippen molar-refractivity contribution in [1.29, 1.82) is 0 Å². The molecule has 0 radical (unpaired) electrons. The fourth-order valence-corrected chi connectivity index (χ4v) is 2.80. The van der Waals surface area contributed by atoms with Gasteiger partial charge in [-0.2, -0.15) is 0 Å². The molecule has 1 fully saturated rings. The largest absolute Gasteiger partial charge is 0.465 e. The second kappa shape index (κ2) is 6.20. The third kappa shape index (κ3) is 3.57. The van der Waals surface area contributed by atoms with Gasteiger partial charge in [0.05, 0.1) is 6.61 Å². The average molecular weight is 261 g/mol. The van der Waals surface area contributed by atoms with Gasteiger partial charge in [-0.05, 0) is 32.3 Å². The third-order valence-corrected chi connectivity index (χ3v) is 3.86. The Hall–Kier alpha value is -1.35. The topological polar surface area (TPSA) is 38.3 Å². The monoisotopic (exact) mass is 261 g/mol. The van der Waals surface area contributed by atoms with E-state index in [1.807, 2.05) is 37.3 Å². The standard InChI is InChI=1S/C16H23NO2/c1-3-19-15(18)14(13-9-5-4-6-10-13)17-16(2)11-7-8-12-16/h4-6,9-10,14,17H,3,7-8,11-12H2,1-2H3. The van der Waals surface area contributed by atoms with E-state index in [4.69, 9.17) is 4.74 Å². The van der Waals surface area contributed by atoms with Crippen molar-refractivity contribution in [3.05, 3.63) is 35.9 Å². The van der Waals surface area contributed by atoms with Gasteiger partial charge in [0.2, 0.25) is 0 Å². The van der Waals surface area contributed by atoms with Gasteiger partial charge >= 0.3 is 5.97 Å². The van der Waals surface area contributed by atoms with Crippen molar-refractivity contribution < 1.29 is 9.53 Å². The smallest absolute Gasteiger partial charge is 0.327 e. The van der Waals surface area contributed by atoms with Gasteiger partial charge in [-0.1, -0.05) is 43.2 Å². The van der Waals surface area contributed by atoms with E-state index in [0.29, 0.717) is 6.61 Å². The summed E-state index contributed by atoms with van der Waals surface area (Å²) < 4.78 is 5.21. The Balaban J connectivity index is 2.17. The van der Waals surface area contributed by atoms with Crippen LogP contribution < -0.4 is 5.32 Å². The molecule has 3 heteroatoms. The summed E-state index contributed by atoms with van der Waals surface area (Å²) in [5.41, 5.74) is 1.03. The van der Waals surface area contributed by atoms with Crippen LogP contribution in [-0.2, 0) is 9.53 Å². The zero-order valence-electron chi connectivity index (χ0n) is 11.8. The van der Waals surface area contributed by atoms with Crippen molar-refractivity contribution >= 4 is 5.97 Å². The highest BCUT2D eigenvalue weighted by Crippen LogP contribution is 2.32. The molecule has 0 aromatic heterocycles. The molecule has 1 saturated carbocycles. The van der Waals surface area contributed by atoms with Crippen molar-refractivity contribution in [3.8, 4) is 0 Å². The first-order valence-electron chi connectivity index (χ1n) is 7.14. The molecule has 0 bridgehead atoms. The highest BCUT2D eigenvalue weighted by atomic mass is 16.5. The predicted octanol–water partition coefficient (Wildman–Crippen LogP) is 3.21. The summed E-state index contributed by atoms with van der Waals surface area (Å²) in [4.78, 5) is 12.2. The van der Waals surface area contributed by atoms with Gasteiger partial charge in [0.15, 0.2) is 0 Å². The lowest BCUT2D eigenvalue weighted by molar-refractivity contribution is -0.146. The minimum atomic E-state index is -0.357. The highest BCUT2D eigenvalue weighted by Gasteiger charge is 2.34. The second-order valence-electron chi connectivity index (χ2n) is 5.51. The minimum absolute atomic E-state index is 0.0489. The summed E-state index contributed by atoms with van der Waals surface area (Å²) in [7, 11) is 0. The van der Waals surface area contributed by atoms with Crippen LogP contribution in [0.2, 0.25) is 0 Å². The van der Waals surface area contributed by atoms with Crippen molar-refractivity contribution in [2.75, 3.05) is 6.61 Å². The lowest BCUT2D eigenvalue weighted by Gasteiger charge is -2.30. The molecule has 0 amide bonds. The van der Waals surface area contributed by atoms with E-state index in [1.165, 1.54) is 12.8 Å². The van der Waals surface area contributed by atoms with E-state index in [-0.39, 0.29) is 17.6 Å². The first kappa shape index (κ1) is 14.1. The lowest BCUT2D eigenvalue weighted by atomic mass is 9.96. The molecule has 1 N–H and O–H groups in total. The van der Waals surface area contributed by atoms with Gasteiger partial charge in [-0.15, -0.1) is 0 Å². The number of rotatable bonds is 5. The van der Waals surface area contributed by atoms with Crippen LogP contribution in [0, 0.1) is 0 Å². The van der Waals surface area contributed by atoms with Crippen molar-refractivity contribution in [2.45, 2.75) is 51.1 Å². The predicted molar refractivity (Wildman–Crippen MR) is 75.8 cm³/mol. The number of nitrogens with one attached hydrogen (secondary N) is 1. The van der Waals surface area contributed by atoms with Crippen LogP contribution in [0.3, 0.4) is 0 Å². The summed E-state index contributed by atoms with van der Waals surface area (Å²) in [6.45, 7) is 4.47. The Labute approximate surface area is 115 Å². The van der Waals surface area contributed by atoms with Gasteiger partial charge < -0.3 is 4.74 Å². The third-order valence-electron chi connectivity index (χ3n) is 3.86. The first-order valence-corrected chi connectivity index (χ1v) is 7.14. The fourth-order valence-electron chi connectivity index (χ4n) is 2.80. The normalized spacial score (nSPS) is 19.1. The van der Waals surface area contributed by atoms with Crippen LogP contribution in [0.15, 0.2) is 30.3 Å². The maximum absolute atomic E-state index is 12.2. The molecular weight excluding hydrogens is 238 g/mol. The molecule has 1 aliphatic rings. The van der Waals surface area contributed by atoms with Crippen LogP contribution in [0.5, 0.6) is 0 Å². The number of ether oxygens (including phenoxy) is 1. The molecule has 1 unspecified atom stereocenters. The molecule has 0 spiro atoms. The van der Waals surface area contributed by atoms with Gasteiger partial charge in [0.25, 0.3) is 0 Å². The molecular formula is C16H23NO2. The van der Waals surface area contributed by atoms with E-state index in [1.54, 1.807) is 0 Å². The van der Waals surface area contributed by atoms with E-state index in [0.717, 1.165) is 18.4 Å². The van der Waals surface area contributed by atoms with Crippen LogP contribution in [-0.4, -0.2) is 18.1 Å². The Bertz CT molecular complexity index is 410. The molecule has 1 aliphatic carbocycles. The molecule has 19 heavy (non-hydrogen) atoms. The summed E-state index contributed by atoms with van der Waals surface area (Å²) in [6, 6.07) is 9.48. The summed E-state index contributed by atoms with van der Waals surface area (Å²) >= 11 is 0. The molecule has 0 heterocycles. The van der Waals surface area contributed by atoms with Gasteiger partial charge in [0, 0.05) is 5.54 Å². The van der Waals surface area contributed by atoms with Gasteiger partial charge in [0.1, 0.15) is 6.04 Å². The highest BCUT2D eigenvalue weighted by molar-refractivity contribution is 5.77. The molecule has 1 aromatic carbocycles. The summed E-state index contributed by atoms with van der Waals surface area (Å²) in [5, 5.41) is 3.52. The van der Waals surface area contributed by atoms with Crippen LogP contribution in [0.25, 0.3) is 0 Å². The van der Waals surface area contributed by atoms with Crippen LogP contribution >= 0.6 is 0 Å². The maximum Gasteiger partial charge on any atom is 0.327 e. The molecule has 104 valence electrons. The molecule has 0 saturated heterocycles. The van der Waals surface area contributed by atoms with E-state index in [9.17, 15) is 4.79 Å². The zero-order chi connectivity index (χ0) is 13.7. The Morgan fingerprint density at radius 3 is 2.53 bits per heavy atom. The Kier molecular flexibility index (Phi) is 4.59. The van der Waals surface area contributed by atoms with Gasteiger partial charge in [-0.25, -0.2) is 4.79 Å². The SMILES string of the molecule is CCOC(=O)C(NC1(C)CCCC1)c1ccccc1. The van der Waals surface area contributed by atoms with Crippen molar-refractivity contribution in [1.82, 2.24) is 5.32 Å². The minimum Gasteiger partial charge on any atom is -0.465 e. The molecule has 3 nitrogen and oxygen atoms in total. The van der Waals surface area contributed by atoms with Crippen molar-refractivity contribution in [3.63, 3.8) is 0 Å². The molecule has 2 rings (SSSR count). The lowest BCUT2D eigenvalue weighted by Crippen LogP contribution is -2.45. The Morgan fingerprint density at radius 1 is 1.32 bits per heavy atom. The van der Waals surface area contributed by atoms with Gasteiger partial charge in [-0.3, -0.25) is 5.32 Å². The second-order valence-corrected chi connectivity index (χ2v) is 5.51. The summed E-state index contributed by atoms with van der Waals surface area (Å²) in [5.74, 6) is -0.179. The van der Waals surface area contributed by atoms with E-state index in [2.05, 4.69) is 12.2 Å². The molecule has 1 aromatic rings. The molecule has 0 aliphatic heterocycles. The maximum atomic E-state index is 12.2. The number of hydrogen-bond donors (Lipinski definition) is 1. The number of carbonyl (C=O) groups is 1. The molecule has 1 atom stereocenters. The number of esters is 1. The number of carbonyl (C=O) groups excluding carboxylic acids is 1.